The summed E-state index contributed by atoms with van der Waals surface area (Å²) in [4.78, 5) is 21.1. The number of amides is 2. The minimum atomic E-state index is -0.490. The molecular formula is C7H7BrN2O3. The van der Waals surface area contributed by atoms with Gasteiger partial charge in [-0.2, -0.15) is 0 Å². The van der Waals surface area contributed by atoms with Gasteiger partial charge in [0.15, 0.2) is 10.4 Å². The van der Waals surface area contributed by atoms with Crippen LogP contribution in [0, 0.1) is 6.92 Å². The number of hydrazine groups is 1. The fourth-order valence-electron chi connectivity index (χ4n) is 0.820. The molecule has 0 saturated heterocycles. The lowest BCUT2D eigenvalue weighted by Crippen LogP contribution is -2.36. The quantitative estimate of drug-likeness (QED) is 0.611. The van der Waals surface area contributed by atoms with Crippen LogP contribution in [0.2, 0.25) is 0 Å². The lowest BCUT2D eigenvalue weighted by Gasteiger charge is -1.99. The minimum absolute atomic E-state index is 0.168. The SMILES string of the molecule is Cc1cc(Br)oc1C(=O)NNC=O. The van der Waals surface area contributed by atoms with Crippen molar-refractivity contribution in [3.05, 3.63) is 22.1 Å². The first kappa shape index (κ1) is 9.79. The van der Waals surface area contributed by atoms with Crippen molar-refractivity contribution >= 4 is 28.2 Å². The Morgan fingerprint density at radius 2 is 2.38 bits per heavy atom. The number of nitrogens with one attached hydrogen (secondary N) is 2. The van der Waals surface area contributed by atoms with Crippen LogP contribution in [-0.4, -0.2) is 12.3 Å². The second kappa shape index (κ2) is 4.08. The number of aryl methyl sites for hydroxylation is 1. The van der Waals surface area contributed by atoms with Crippen molar-refractivity contribution in [2.45, 2.75) is 6.92 Å². The second-order valence-corrected chi connectivity index (χ2v) is 3.06. The molecule has 0 aromatic carbocycles. The first-order chi connectivity index (χ1) is 6.15. The van der Waals surface area contributed by atoms with Gasteiger partial charge in [0.05, 0.1) is 0 Å². The highest BCUT2D eigenvalue weighted by Gasteiger charge is 2.13. The predicted octanol–water partition coefficient (Wildman–Crippen LogP) is 0.741. The van der Waals surface area contributed by atoms with Crippen LogP contribution < -0.4 is 10.9 Å². The maximum Gasteiger partial charge on any atom is 0.305 e. The van der Waals surface area contributed by atoms with Gasteiger partial charge < -0.3 is 4.42 Å². The van der Waals surface area contributed by atoms with E-state index in [0.717, 1.165) is 0 Å². The number of rotatable bonds is 3. The van der Waals surface area contributed by atoms with E-state index in [1.807, 2.05) is 5.43 Å². The van der Waals surface area contributed by atoms with Gasteiger partial charge in [-0.1, -0.05) is 0 Å². The molecule has 70 valence electrons. The Balaban J connectivity index is 2.76. The molecule has 1 heterocycles. The van der Waals surface area contributed by atoms with E-state index in [1.165, 1.54) is 0 Å². The smallest absolute Gasteiger partial charge is 0.305 e. The minimum Gasteiger partial charge on any atom is -0.444 e. The van der Waals surface area contributed by atoms with Crippen molar-refractivity contribution in [3.8, 4) is 0 Å². The molecule has 0 saturated carbocycles. The first-order valence-electron chi connectivity index (χ1n) is 3.40. The van der Waals surface area contributed by atoms with E-state index in [2.05, 4.69) is 21.4 Å². The van der Waals surface area contributed by atoms with Crippen LogP contribution in [0.1, 0.15) is 16.1 Å². The highest BCUT2D eigenvalue weighted by molar-refractivity contribution is 9.10. The highest BCUT2D eigenvalue weighted by atomic mass is 79.9. The first-order valence-corrected chi connectivity index (χ1v) is 4.20. The fraction of sp³-hybridized carbons (Fsp3) is 0.143. The zero-order valence-corrected chi connectivity index (χ0v) is 8.34. The Kier molecular flexibility index (Phi) is 3.07. The molecule has 13 heavy (non-hydrogen) atoms. The summed E-state index contributed by atoms with van der Waals surface area (Å²) in [7, 11) is 0. The van der Waals surface area contributed by atoms with Crippen LogP contribution in [0.3, 0.4) is 0 Å². The summed E-state index contributed by atoms with van der Waals surface area (Å²) in [6.07, 6.45) is 0.366. The molecule has 0 unspecified atom stereocenters. The number of hydrogen-bond acceptors (Lipinski definition) is 3. The summed E-state index contributed by atoms with van der Waals surface area (Å²) >= 11 is 3.08. The van der Waals surface area contributed by atoms with E-state index in [-0.39, 0.29) is 5.76 Å². The van der Waals surface area contributed by atoms with Gasteiger partial charge in [-0.15, -0.1) is 0 Å². The molecule has 0 radical (unpaired) electrons. The predicted molar refractivity (Wildman–Crippen MR) is 47.8 cm³/mol. The van der Waals surface area contributed by atoms with Gasteiger partial charge in [-0.25, -0.2) is 0 Å². The average molecular weight is 247 g/mol. The Labute approximate surface area is 82.6 Å². The number of carbonyl (C=O) groups excluding carboxylic acids is 2. The molecule has 0 aliphatic rings. The number of hydrogen-bond donors (Lipinski definition) is 2. The van der Waals surface area contributed by atoms with Crippen molar-refractivity contribution in [2.75, 3.05) is 0 Å². The summed E-state index contributed by atoms with van der Waals surface area (Å²) in [5.74, 6) is -0.323. The van der Waals surface area contributed by atoms with Crippen molar-refractivity contribution < 1.29 is 14.0 Å². The van der Waals surface area contributed by atoms with E-state index in [0.29, 0.717) is 16.6 Å². The average Bonchev–Trinajstić information content (AvgIpc) is 2.41. The molecule has 1 aromatic rings. The molecule has 1 aromatic heterocycles. The zero-order chi connectivity index (χ0) is 9.84. The monoisotopic (exact) mass is 246 g/mol. The molecule has 0 bridgehead atoms. The highest BCUT2D eigenvalue weighted by Crippen LogP contribution is 2.18. The molecule has 0 aliphatic heterocycles. The van der Waals surface area contributed by atoms with Crippen LogP contribution in [-0.2, 0) is 4.79 Å². The van der Waals surface area contributed by atoms with Crippen molar-refractivity contribution in [1.29, 1.82) is 0 Å². The number of halogens is 1. The Morgan fingerprint density at radius 1 is 1.69 bits per heavy atom. The molecule has 0 fully saturated rings. The third-order valence-electron chi connectivity index (χ3n) is 1.34. The lowest BCUT2D eigenvalue weighted by molar-refractivity contribution is -0.110. The van der Waals surface area contributed by atoms with E-state index < -0.39 is 5.91 Å². The summed E-state index contributed by atoms with van der Waals surface area (Å²) < 4.78 is 5.50. The molecule has 1 rings (SSSR count). The third-order valence-corrected chi connectivity index (χ3v) is 1.73. The summed E-state index contributed by atoms with van der Waals surface area (Å²) in [5.41, 5.74) is 4.85. The third kappa shape index (κ3) is 2.32. The van der Waals surface area contributed by atoms with E-state index >= 15 is 0 Å². The standard InChI is InChI=1S/C7H7BrN2O3/c1-4-2-5(8)13-6(4)7(12)10-9-3-11/h2-3H,1H3,(H,9,11)(H,10,12). The van der Waals surface area contributed by atoms with Crippen molar-refractivity contribution in [3.63, 3.8) is 0 Å². The van der Waals surface area contributed by atoms with Gasteiger partial charge in [0.2, 0.25) is 6.41 Å². The summed E-state index contributed by atoms with van der Waals surface area (Å²) in [6, 6.07) is 1.66. The zero-order valence-electron chi connectivity index (χ0n) is 6.76. The topological polar surface area (TPSA) is 71.3 Å². The van der Waals surface area contributed by atoms with Gasteiger partial charge in [-0.05, 0) is 28.9 Å². The molecule has 0 spiro atoms. The summed E-state index contributed by atoms with van der Waals surface area (Å²) in [6.45, 7) is 1.73. The molecule has 6 heteroatoms. The summed E-state index contributed by atoms with van der Waals surface area (Å²) in [5, 5.41) is 0. The van der Waals surface area contributed by atoms with Gasteiger partial charge in [-0.3, -0.25) is 20.4 Å². The fourth-order valence-corrected chi connectivity index (χ4v) is 1.33. The molecule has 0 aliphatic carbocycles. The lowest BCUT2D eigenvalue weighted by atomic mass is 10.3. The van der Waals surface area contributed by atoms with E-state index in [1.54, 1.807) is 13.0 Å². The van der Waals surface area contributed by atoms with E-state index in [9.17, 15) is 9.59 Å². The Bertz CT molecular complexity index is 334. The largest absolute Gasteiger partial charge is 0.444 e. The van der Waals surface area contributed by atoms with Crippen LogP contribution >= 0.6 is 15.9 Å². The number of carbonyl (C=O) groups is 2. The normalized spacial score (nSPS) is 9.38. The van der Waals surface area contributed by atoms with Crippen LogP contribution in [0.15, 0.2) is 15.2 Å². The Hall–Kier alpha value is -1.30. The molecular weight excluding hydrogens is 240 g/mol. The van der Waals surface area contributed by atoms with Gasteiger partial charge in [0, 0.05) is 5.56 Å². The molecule has 2 amide bonds. The van der Waals surface area contributed by atoms with Gasteiger partial charge in [0.25, 0.3) is 0 Å². The van der Waals surface area contributed by atoms with Crippen molar-refractivity contribution in [1.82, 2.24) is 10.9 Å². The second-order valence-electron chi connectivity index (χ2n) is 2.28. The van der Waals surface area contributed by atoms with Gasteiger partial charge in [0.1, 0.15) is 0 Å². The number of furan rings is 1. The van der Waals surface area contributed by atoms with Gasteiger partial charge >= 0.3 is 5.91 Å². The van der Waals surface area contributed by atoms with Crippen LogP contribution in [0.5, 0.6) is 0 Å². The molecule has 5 nitrogen and oxygen atoms in total. The van der Waals surface area contributed by atoms with Crippen molar-refractivity contribution in [2.24, 2.45) is 0 Å². The molecule has 0 atom stereocenters. The van der Waals surface area contributed by atoms with Crippen LogP contribution in [0.25, 0.3) is 0 Å². The molecule has 2 N–H and O–H groups in total. The maximum absolute atomic E-state index is 11.2. The van der Waals surface area contributed by atoms with Crippen LogP contribution in [0.4, 0.5) is 0 Å². The Morgan fingerprint density at radius 3 is 2.85 bits per heavy atom. The maximum atomic E-state index is 11.2. The van der Waals surface area contributed by atoms with E-state index in [4.69, 9.17) is 4.42 Å².